The number of hydrogen-bond acceptors (Lipinski definition) is 2. The average Bonchev–Trinajstić information content (AvgIpc) is 3.71. The lowest BCUT2D eigenvalue weighted by Gasteiger charge is -2.21. The van der Waals surface area contributed by atoms with Gasteiger partial charge in [-0.25, -0.2) is 9.97 Å². The highest BCUT2D eigenvalue weighted by atomic mass is 15.2. The van der Waals surface area contributed by atoms with Crippen molar-refractivity contribution in [3.63, 3.8) is 0 Å². The summed E-state index contributed by atoms with van der Waals surface area (Å²) in [7, 11) is 0. The van der Waals surface area contributed by atoms with Gasteiger partial charge in [0, 0.05) is 27.1 Å². The van der Waals surface area contributed by atoms with Crippen molar-refractivity contribution in [2.75, 3.05) is 0 Å². The highest BCUT2D eigenvalue weighted by molar-refractivity contribution is 6.29. The van der Waals surface area contributed by atoms with Gasteiger partial charge in [-0.3, -0.25) is 4.57 Å². The van der Waals surface area contributed by atoms with E-state index < -0.39 is 0 Å². The molecule has 0 amide bonds. The molecule has 0 unspecified atom stereocenters. The number of hydrogen-bond donors (Lipinski definition) is 0. The summed E-state index contributed by atoms with van der Waals surface area (Å²) in [5, 5.41) is 15.9. The summed E-state index contributed by atoms with van der Waals surface area (Å²) in [6, 6.07) is 64.6. The normalized spacial score (nSPS) is 13.5. The number of benzene rings is 10. The summed E-state index contributed by atoms with van der Waals surface area (Å²) in [4.78, 5) is 11.0. The van der Waals surface area contributed by atoms with E-state index in [1.807, 2.05) is 0 Å². The Labute approximate surface area is 334 Å². The van der Waals surface area contributed by atoms with Crippen LogP contribution in [0.15, 0.2) is 176 Å². The predicted octanol–water partition coefficient (Wildman–Crippen LogP) is 14.5. The van der Waals surface area contributed by atoms with Gasteiger partial charge in [-0.15, -0.1) is 0 Å². The first-order chi connectivity index (χ1) is 28.5. The lowest BCUT2D eigenvalue weighted by atomic mass is 9.82. The summed E-state index contributed by atoms with van der Waals surface area (Å²) in [5.74, 6) is 0.671. The van der Waals surface area contributed by atoms with Gasteiger partial charge in [0.2, 0.25) is 5.95 Å². The predicted molar refractivity (Wildman–Crippen MR) is 244 cm³/mol. The molecule has 0 bridgehead atoms. The molecule has 3 nitrogen and oxygen atoms in total. The van der Waals surface area contributed by atoms with Gasteiger partial charge in [0.1, 0.15) is 0 Å². The first kappa shape index (κ1) is 31.8. The molecule has 0 fully saturated rings. The highest BCUT2D eigenvalue weighted by Gasteiger charge is 2.36. The maximum atomic E-state index is 5.60. The first-order valence-electron chi connectivity index (χ1n) is 20.2. The summed E-state index contributed by atoms with van der Waals surface area (Å²) < 4.78 is 2.35. The Kier molecular flexibility index (Phi) is 6.23. The van der Waals surface area contributed by atoms with Crippen LogP contribution in [0, 0.1) is 0 Å². The van der Waals surface area contributed by atoms with E-state index in [1.165, 1.54) is 86.9 Å². The Morgan fingerprint density at radius 1 is 0.379 bits per heavy atom. The second-order valence-electron chi connectivity index (χ2n) is 16.5. The standard InChI is InChI=1S/C55H35N3/c1-55(2)48-21-11-9-19-41(48)45-29-47-46-28-43-39-17-7-5-15-37(39)38-16-6-8-18-40(38)44(43)30-51(46)58(52(47)31-49(45)55)54-56-50-22-12-10-20-42(50)53(57-54)34-25-26-36-33(27-34)24-23-32-13-3-4-14-35(32)36/h3-31H,1-2H3. The summed E-state index contributed by atoms with van der Waals surface area (Å²) in [5.41, 5.74) is 10.3. The fourth-order valence-corrected chi connectivity index (χ4v) is 10.4. The molecule has 12 aromatic rings. The monoisotopic (exact) mass is 737 g/mol. The van der Waals surface area contributed by atoms with Crippen LogP contribution in [0.2, 0.25) is 0 Å². The molecule has 2 heterocycles. The molecule has 3 heteroatoms. The molecule has 1 aliphatic carbocycles. The smallest absolute Gasteiger partial charge is 0.235 e. The van der Waals surface area contributed by atoms with Crippen molar-refractivity contribution in [2.24, 2.45) is 0 Å². The third kappa shape index (κ3) is 4.23. The summed E-state index contributed by atoms with van der Waals surface area (Å²) in [6.07, 6.45) is 0. The van der Waals surface area contributed by atoms with Gasteiger partial charge >= 0.3 is 0 Å². The third-order valence-corrected chi connectivity index (χ3v) is 13.1. The van der Waals surface area contributed by atoms with E-state index in [0.29, 0.717) is 5.95 Å². The molecule has 0 N–H and O–H groups in total. The molecule has 10 aromatic carbocycles. The Morgan fingerprint density at radius 3 is 1.76 bits per heavy atom. The highest BCUT2D eigenvalue weighted by Crippen LogP contribution is 2.51. The fraction of sp³-hybridized carbons (Fsp3) is 0.0545. The molecule has 0 aliphatic heterocycles. The van der Waals surface area contributed by atoms with E-state index >= 15 is 0 Å². The third-order valence-electron chi connectivity index (χ3n) is 13.1. The number of aromatic nitrogens is 3. The minimum Gasteiger partial charge on any atom is -0.278 e. The second-order valence-corrected chi connectivity index (χ2v) is 16.5. The van der Waals surface area contributed by atoms with E-state index in [2.05, 4.69) is 194 Å². The zero-order valence-corrected chi connectivity index (χ0v) is 32.1. The van der Waals surface area contributed by atoms with Crippen LogP contribution in [0.3, 0.4) is 0 Å². The lowest BCUT2D eigenvalue weighted by molar-refractivity contribution is 0.661. The SMILES string of the molecule is CC1(C)c2ccccc2-c2cc3c4cc5c6ccccc6c6ccccc6c5cc4n(-c4nc(-c5ccc6c(ccc7ccccc76)c5)c5ccccc5n4)c3cc21. The van der Waals surface area contributed by atoms with Gasteiger partial charge in [0.15, 0.2) is 0 Å². The molecule has 58 heavy (non-hydrogen) atoms. The van der Waals surface area contributed by atoms with Crippen molar-refractivity contribution in [1.29, 1.82) is 0 Å². The van der Waals surface area contributed by atoms with Crippen LogP contribution in [-0.2, 0) is 5.41 Å². The maximum absolute atomic E-state index is 5.60. The Morgan fingerprint density at radius 2 is 0.966 bits per heavy atom. The largest absolute Gasteiger partial charge is 0.278 e. The molecule has 270 valence electrons. The van der Waals surface area contributed by atoms with Crippen molar-refractivity contribution < 1.29 is 0 Å². The van der Waals surface area contributed by atoms with Gasteiger partial charge in [-0.05, 0) is 113 Å². The van der Waals surface area contributed by atoms with Crippen molar-refractivity contribution in [3.8, 4) is 28.3 Å². The molecule has 1 aliphatic rings. The van der Waals surface area contributed by atoms with E-state index in [4.69, 9.17) is 9.97 Å². The van der Waals surface area contributed by atoms with E-state index in [-0.39, 0.29) is 5.41 Å². The number of fused-ring (bicyclic) bond motifs is 16. The van der Waals surface area contributed by atoms with Crippen molar-refractivity contribution in [2.45, 2.75) is 19.3 Å². The number of nitrogens with zero attached hydrogens (tertiary/aromatic N) is 3. The topological polar surface area (TPSA) is 30.7 Å². The van der Waals surface area contributed by atoms with Crippen LogP contribution in [0.1, 0.15) is 25.0 Å². The quantitative estimate of drug-likeness (QED) is 0.165. The zero-order valence-electron chi connectivity index (χ0n) is 32.1. The Bertz CT molecular complexity index is 3770. The second kappa shape index (κ2) is 11.4. The summed E-state index contributed by atoms with van der Waals surface area (Å²) >= 11 is 0. The van der Waals surface area contributed by atoms with Crippen molar-refractivity contribution in [1.82, 2.24) is 14.5 Å². The van der Waals surface area contributed by atoms with E-state index in [9.17, 15) is 0 Å². The van der Waals surface area contributed by atoms with Crippen LogP contribution in [0.5, 0.6) is 0 Å². The number of para-hydroxylation sites is 1. The molecule has 0 radical (unpaired) electrons. The molecule has 0 saturated carbocycles. The van der Waals surface area contributed by atoms with Gasteiger partial charge in [-0.1, -0.05) is 153 Å². The van der Waals surface area contributed by atoms with E-state index in [1.54, 1.807) is 0 Å². The molecule has 2 aromatic heterocycles. The average molecular weight is 738 g/mol. The number of rotatable bonds is 2. The summed E-state index contributed by atoms with van der Waals surface area (Å²) in [6.45, 7) is 4.72. The molecule has 13 rings (SSSR count). The van der Waals surface area contributed by atoms with Gasteiger partial charge < -0.3 is 0 Å². The van der Waals surface area contributed by atoms with Gasteiger partial charge in [0.25, 0.3) is 0 Å². The van der Waals surface area contributed by atoms with Crippen LogP contribution in [0.4, 0.5) is 0 Å². The molecular weight excluding hydrogens is 703 g/mol. The minimum absolute atomic E-state index is 0.164. The van der Waals surface area contributed by atoms with E-state index in [0.717, 1.165) is 33.2 Å². The molecule has 0 spiro atoms. The Hall–Kier alpha value is -7.36. The van der Waals surface area contributed by atoms with Gasteiger partial charge in [0.05, 0.1) is 22.2 Å². The van der Waals surface area contributed by atoms with Crippen LogP contribution < -0.4 is 0 Å². The fourth-order valence-electron chi connectivity index (χ4n) is 10.4. The molecule has 0 atom stereocenters. The van der Waals surface area contributed by atoms with Crippen LogP contribution in [0.25, 0.3) is 115 Å². The molecule has 0 saturated heterocycles. The zero-order chi connectivity index (χ0) is 38.3. The first-order valence-corrected chi connectivity index (χ1v) is 20.2. The Balaban J connectivity index is 1.17. The minimum atomic E-state index is -0.164. The van der Waals surface area contributed by atoms with Crippen molar-refractivity contribution >= 4 is 86.6 Å². The lowest BCUT2D eigenvalue weighted by Crippen LogP contribution is -2.15. The van der Waals surface area contributed by atoms with Gasteiger partial charge in [-0.2, -0.15) is 0 Å². The van der Waals surface area contributed by atoms with Crippen LogP contribution in [-0.4, -0.2) is 14.5 Å². The van der Waals surface area contributed by atoms with Crippen molar-refractivity contribution in [3.05, 3.63) is 187 Å². The van der Waals surface area contributed by atoms with Crippen LogP contribution >= 0.6 is 0 Å². The maximum Gasteiger partial charge on any atom is 0.235 e. The molecular formula is C55H35N3.